The highest BCUT2D eigenvalue weighted by Gasteiger charge is 2.15. The van der Waals surface area contributed by atoms with Gasteiger partial charge in [-0.05, 0) is 6.07 Å². The summed E-state index contributed by atoms with van der Waals surface area (Å²) in [6.07, 6.45) is 0. The van der Waals surface area contributed by atoms with Crippen molar-refractivity contribution in [3.8, 4) is 11.3 Å². The second kappa shape index (κ2) is 6.66. The second-order valence-corrected chi connectivity index (χ2v) is 5.90. The van der Waals surface area contributed by atoms with E-state index < -0.39 is 0 Å². The van der Waals surface area contributed by atoms with E-state index in [0.717, 1.165) is 22.2 Å². The van der Waals surface area contributed by atoms with Gasteiger partial charge in [0.05, 0.1) is 17.8 Å². The minimum absolute atomic E-state index is 0.00974. The number of rotatable bonds is 4. The molecule has 122 valence electrons. The monoisotopic (exact) mass is 320 g/mol. The first-order chi connectivity index (χ1) is 11.6. The number of nitrogens with zero attached hydrogens (tertiary/aromatic N) is 4. The maximum atomic E-state index is 12.0. The molecule has 5 heteroatoms. The molecule has 0 aliphatic rings. The van der Waals surface area contributed by atoms with Crippen LogP contribution in [-0.2, 0) is 4.79 Å². The van der Waals surface area contributed by atoms with Crippen LogP contribution in [-0.4, -0.2) is 48.5 Å². The van der Waals surface area contributed by atoms with E-state index in [2.05, 4.69) is 4.98 Å². The van der Waals surface area contributed by atoms with Gasteiger partial charge >= 0.3 is 0 Å². The van der Waals surface area contributed by atoms with E-state index >= 15 is 0 Å². The van der Waals surface area contributed by atoms with Crippen LogP contribution in [0.3, 0.4) is 0 Å². The number of amides is 1. The molecule has 0 spiro atoms. The first kappa shape index (κ1) is 15.9. The van der Waals surface area contributed by atoms with Crippen LogP contribution in [0.4, 0.5) is 5.95 Å². The third kappa shape index (κ3) is 3.20. The molecule has 2 aromatic carbocycles. The number of carbonyl (C=O) groups is 1. The van der Waals surface area contributed by atoms with Gasteiger partial charge in [-0.1, -0.05) is 48.5 Å². The van der Waals surface area contributed by atoms with Gasteiger partial charge in [0.1, 0.15) is 0 Å². The smallest absolute Gasteiger partial charge is 0.241 e. The zero-order valence-electron chi connectivity index (χ0n) is 14.1. The molecule has 0 fully saturated rings. The molecule has 0 radical (unpaired) electrons. The summed E-state index contributed by atoms with van der Waals surface area (Å²) in [5.74, 6) is 0.554. The van der Waals surface area contributed by atoms with E-state index in [1.54, 1.807) is 23.9 Å². The van der Waals surface area contributed by atoms with Gasteiger partial charge in [0.25, 0.3) is 0 Å². The van der Waals surface area contributed by atoms with Gasteiger partial charge in [-0.25, -0.2) is 9.97 Å². The van der Waals surface area contributed by atoms with Crippen LogP contribution in [0.15, 0.2) is 54.6 Å². The normalized spacial score (nSPS) is 10.6. The summed E-state index contributed by atoms with van der Waals surface area (Å²) >= 11 is 0. The van der Waals surface area contributed by atoms with E-state index in [4.69, 9.17) is 4.98 Å². The largest absolute Gasteiger partial charge is 0.347 e. The maximum Gasteiger partial charge on any atom is 0.241 e. The molecule has 1 heterocycles. The maximum absolute atomic E-state index is 12.0. The van der Waals surface area contributed by atoms with Crippen LogP contribution in [0.1, 0.15) is 0 Å². The number of hydrogen-bond acceptors (Lipinski definition) is 4. The van der Waals surface area contributed by atoms with Crippen LogP contribution in [0.2, 0.25) is 0 Å². The molecular formula is C19H20N4O. The fourth-order valence-corrected chi connectivity index (χ4v) is 2.47. The fourth-order valence-electron chi connectivity index (χ4n) is 2.47. The van der Waals surface area contributed by atoms with Crippen LogP contribution < -0.4 is 4.90 Å². The Kier molecular flexibility index (Phi) is 4.42. The molecule has 3 aromatic rings. The summed E-state index contributed by atoms with van der Waals surface area (Å²) in [5, 5.41) is 1.000. The Balaban J connectivity index is 2.09. The molecule has 0 aliphatic heterocycles. The molecule has 0 N–H and O–H groups in total. The van der Waals surface area contributed by atoms with Crippen molar-refractivity contribution >= 4 is 22.8 Å². The number of carbonyl (C=O) groups excluding carboxylic acids is 1. The lowest BCUT2D eigenvalue weighted by Gasteiger charge is -2.20. The van der Waals surface area contributed by atoms with Gasteiger partial charge in [0.2, 0.25) is 11.9 Å². The predicted molar refractivity (Wildman–Crippen MR) is 96.9 cm³/mol. The highest BCUT2D eigenvalue weighted by Crippen LogP contribution is 2.27. The van der Waals surface area contributed by atoms with Crippen LogP contribution in [0.25, 0.3) is 22.2 Å². The molecular weight excluding hydrogens is 300 g/mol. The highest BCUT2D eigenvalue weighted by atomic mass is 16.2. The topological polar surface area (TPSA) is 49.3 Å². The standard InChI is InChI=1S/C19H20N4O/c1-22(2)17(24)13-23(3)19-20-16-12-8-7-11-15(16)18(21-19)14-9-5-4-6-10-14/h4-12H,13H2,1-3H3. The van der Waals surface area contributed by atoms with Crippen molar-refractivity contribution < 1.29 is 4.79 Å². The van der Waals surface area contributed by atoms with E-state index in [0.29, 0.717) is 5.95 Å². The second-order valence-electron chi connectivity index (χ2n) is 5.90. The number of fused-ring (bicyclic) bond motifs is 1. The zero-order valence-corrected chi connectivity index (χ0v) is 14.1. The first-order valence-electron chi connectivity index (χ1n) is 7.80. The third-order valence-corrected chi connectivity index (χ3v) is 3.85. The van der Waals surface area contributed by atoms with Crippen LogP contribution in [0.5, 0.6) is 0 Å². The molecule has 24 heavy (non-hydrogen) atoms. The lowest BCUT2D eigenvalue weighted by atomic mass is 10.1. The summed E-state index contributed by atoms with van der Waals surface area (Å²) in [6.45, 7) is 0.236. The molecule has 5 nitrogen and oxygen atoms in total. The average Bonchev–Trinajstić information content (AvgIpc) is 2.61. The predicted octanol–water partition coefficient (Wildman–Crippen LogP) is 2.82. The Hall–Kier alpha value is -2.95. The summed E-state index contributed by atoms with van der Waals surface area (Å²) in [7, 11) is 5.32. The lowest BCUT2D eigenvalue weighted by Crippen LogP contribution is -2.35. The van der Waals surface area contributed by atoms with Crippen molar-refractivity contribution in [2.75, 3.05) is 32.6 Å². The number of para-hydroxylation sites is 1. The average molecular weight is 320 g/mol. The molecule has 3 rings (SSSR count). The van der Waals surface area contributed by atoms with Crippen molar-refractivity contribution in [3.63, 3.8) is 0 Å². The van der Waals surface area contributed by atoms with Crippen molar-refractivity contribution in [3.05, 3.63) is 54.6 Å². The minimum Gasteiger partial charge on any atom is -0.347 e. The number of likely N-dealkylation sites (N-methyl/N-ethyl adjacent to an activating group) is 2. The van der Waals surface area contributed by atoms with Crippen molar-refractivity contribution in [2.45, 2.75) is 0 Å². The Morgan fingerprint density at radius 2 is 1.58 bits per heavy atom. The molecule has 0 atom stereocenters. The number of benzene rings is 2. The minimum atomic E-state index is 0.00974. The van der Waals surface area contributed by atoms with Crippen molar-refractivity contribution in [1.29, 1.82) is 0 Å². The number of aromatic nitrogens is 2. The van der Waals surface area contributed by atoms with Gasteiger partial charge < -0.3 is 9.80 Å². The van der Waals surface area contributed by atoms with Gasteiger partial charge in [-0.2, -0.15) is 0 Å². The van der Waals surface area contributed by atoms with E-state index in [-0.39, 0.29) is 12.5 Å². The Morgan fingerprint density at radius 1 is 0.917 bits per heavy atom. The lowest BCUT2D eigenvalue weighted by molar-refractivity contribution is -0.127. The summed E-state index contributed by atoms with van der Waals surface area (Å²) in [4.78, 5) is 24.7. The van der Waals surface area contributed by atoms with Crippen molar-refractivity contribution in [2.24, 2.45) is 0 Å². The van der Waals surface area contributed by atoms with E-state index in [9.17, 15) is 4.79 Å². The van der Waals surface area contributed by atoms with Crippen LogP contribution >= 0.6 is 0 Å². The molecule has 0 aliphatic carbocycles. The van der Waals surface area contributed by atoms with Crippen LogP contribution in [0, 0.1) is 0 Å². The highest BCUT2D eigenvalue weighted by molar-refractivity contribution is 5.93. The SMILES string of the molecule is CN(C)C(=O)CN(C)c1nc(-c2ccccc2)c2ccccc2n1. The number of hydrogen-bond donors (Lipinski definition) is 0. The zero-order chi connectivity index (χ0) is 17.1. The number of anilines is 1. The Labute approximate surface area is 141 Å². The Bertz CT molecular complexity index is 862. The Morgan fingerprint density at radius 3 is 2.29 bits per heavy atom. The molecule has 0 bridgehead atoms. The molecule has 0 saturated heterocycles. The summed E-state index contributed by atoms with van der Waals surface area (Å²) in [5.41, 5.74) is 2.77. The van der Waals surface area contributed by atoms with Gasteiger partial charge in [-0.3, -0.25) is 4.79 Å². The fraction of sp³-hybridized carbons (Fsp3) is 0.211. The molecule has 1 aromatic heterocycles. The summed E-state index contributed by atoms with van der Waals surface area (Å²) < 4.78 is 0. The molecule has 0 saturated carbocycles. The quantitative estimate of drug-likeness (QED) is 0.742. The van der Waals surface area contributed by atoms with E-state index in [1.165, 1.54) is 0 Å². The van der Waals surface area contributed by atoms with E-state index in [1.807, 2.05) is 61.6 Å². The first-order valence-corrected chi connectivity index (χ1v) is 7.80. The molecule has 1 amide bonds. The van der Waals surface area contributed by atoms with Gasteiger partial charge in [0.15, 0.2) is 0 Å². The molecule has 0 unspecified atom stereocenters. The third-order valence-electron chi connectivity index (χ3n) is 3.85. The summed E-state index contributed by atoms with van der Waals surface area (Å²) in [6, 6.07) is 18.0. The van der Waals surface area contributed by atoms with Gasteiger partial charge in [0, 0.05) is 32.1 Å². The van der Waals surface area contributed by atoms with Gasteiger partial charge in [-0.15, -0.1) is 0 Å². The van der Waals surface area contributed by atoms with Crippen molar-refractivity contribution in [1.82, 2.24) is 14.9 Å².